The van der Waals surface area contributed by atoms with Gasteiger partial charge in [-0.1, -0.05) is 0 Å². The SMILES string of the molecule is CN(C)[P+](OCC(C)(CO)C(=O)NCCC(F)(F)C(F)(F)C(F)(F)C(F)(F)C(F)(F)C(F)(F)C(F)(F)C(F)(F)F)(N(C)C)N(C)C. The molecule has 0 heterocycles. The number of carbonyl (C=O) groups is 1. The van der Waals surface area contributed by atoms with Crippen molar-refractivity contribution >= 4 is 13.8 Å². The maximum Gasteiger partial charge on any atom is 0.460 e. The highest BCUT2D eigenvalue weighted by molar-refractivity contribution is 7.64. The molecule has 0 aromatic heterocycles. The van der Waals surface area contributed by atoms with Crippen LogP contribution in [0, 0.1) is 5.41 Å². The van der Waals surface area contributed by atoms with Crippen molar-refractivity contribution in [2.45, 2.75) is 61.0 Å². The first-order valence-electron chi connectivity index (χ1n) is 12.2. The zero-order chi connectivity index (χ0) is 37.6. The second-order valence-corrected chi connectivity index (χ2v) is 14.4. The van der Waals surface area contributed by atoms with Gasteiger partial charge < -0.3 is 10.4 Å². The lowest BCUT2D eigenvalue weighted by molar-refractivity contribution is -0.461. The highest BCUT2D eigenvalue weighted by Gasteiger charge is 2.95. The van der Waals surface area contributed by atoms with Crippen LogP contribution in [0.25, 0.3) is 0 Å². The normalized spacial score (nSPS) is 16.8. The topological polar surface area (TPSA) is 68.3 Å². The molecule has 0 spiro atoms. The molecule has 0 radical (unpaired) electrons. The van der Waals surface area contributed by atoms with E-state index in [4.69, 9.17) is 4.52 Å². The predicted molar refractivity (Wildman–Crippen MR) is 127 cm³/mol. The number of nitrogens with one attached hydrogen (secondary N) is 1. The summed E-state index contributed by atoms with van der Waals surface area (Å²) >= 11 is 0. The third-order valence-corrected chi connectivity index (χ3v) is 10.1. The van der Waals surface area contributed by atoms with Crippen molar-refractivity contribution < 1.29 is 89.1 Å². The van der Waals surface area contributed by atoms with Gasteiger partial charge in [0.1, 0.15) is 6.61 Å². The molecule has 0 fully saturated rings. The highest BCUT2D eigenvalue weighted by atomic mass is 31.2. The fourth-order valence-electron chi connectivity index (χ4n) is 3.73. The Labute approximate surface area is 251 Å². The molecule has 1 amide bonds. The molecule has 1 unspecified atom stereocenters. The van der Waals surface area contributed by atoms with Crippen LogP contribution in [0.5, 0.6) is 0 Å². The zero-order valence-corrected chi connectivity index (χ0v) is 25.7. The highest BCUT2D eigenvalue weighted by Crippen LogP contribution is 2.66. The summed E-state index contributed by atoms with van der Waals surface area (Å²) in [5.74, 6) is -58.6. The zero-order valence-electron chi connectivity index (χ0n) is 24.8. The van der Waals surface area contributed by atoms with E-state index in [-0.39, 0.29) is 0 Å². The van der Waals surface area contributed by atoms with Crippen molar-refractivity contribution in [3.8, 4) is 0 Å². The Morgan fingerprint density at radius 1 is 0.630 bits per heavy atom. The molecule has 7 nitrogen and oxygen atoms in total. The molecule has 0 aliphatic rings. The Kier molecular flexibility index (Phi) is 13.0. The van der Waals surface area contributed by atoms with E-state index in [2.05, 4.69) is 0 Å². The molecule has 46 heavy (non-hydrogen) atoms. The van der Waals surface area contributed by atoms with Gasteiger partial charge in [0.2, 0.25) is 5.91 Å². The first-order chi connectivity index (χ1) is 20.0. The van der Waals surface area contributed by atoms with Gasteiger partial charge >= 0.3 is 55.6 Å². The number of nitrogens with zero attached hydrogens (tertiary/aromatic N) is 3. The summed E-state index contributed by atoms with van der Waals surface area (Å²) in [7, 11) is 6.37. The number of amides is 1. The predicted octanol–water partition coefficient (Wildman–Crippen LogP) is 5.88. The van der Waals surface area contributed by atoms with Crippen molar-refractivity contribution in [1.29, 1.82) is 0 Å². The van der Waals surface area contributed by atoms with E-state index in [0.29, 0.717) is 0 Å². The van der Waals surface area contributed by atoms with Gasteiger partial charge in [0.15, 0.2) is 0 Å². The number of aliphatic hydroxyl groups excluding tert-OH is 1. The van der Waals surface area contributed by atoms with E-state index < -0.39 is 93.1 Å². The number of hydrogen-bond donors (Lipinski definition) is 2. The molecule has 0 aromatic rings. The second kappa shape index (κ2) is 13.4. The summed E-state index contributed by atoms with van der Waals surface area (Å²) < 4.78 is 239. The molecule has 0 aliphatic carbocycles. The molecular formula is C21H31F17N4O3P+. The molecule has 0 aromatic carbocycles. The number of alkyl halides is 17. The Balaban J connectivity index is 6.22. The van der Waals surface area contributed by atoms with Crippen molar-refractivity contribution in [3.05, 3.63) is 0 Å². The fourth-order valence-corrected chi connectivity index (χ4v) is 7.03. The molecule has 2 N–H and O–H groups in total. The minimum absolute atomic E-state index is 0.736. The molecular weight excluding hydrogens is 710 g/mol. The van der Waals surface area contributed by atoms with Gasteiger partial charge in [0.25, 0.3) is 0 Å². The first kappa shape index (κ1) is 44.5. The number of hydrogen-bond acceptors (Lipinski definition) is 6. The molecule has 1 atom stereocenters. The van der Waals surface area contributed by atoms with Crippen LogP contribution in [0.3, 0.4) is 0 Å². The number of rotatable bonds is 17. The van der Waals surface area contributed by atoms with Gasteiger partial charge in [-0.15, -0.1) is 14.0 Å². The van der Waals surface area contributed by atoms with Crippen LogP contribution in [0.4, 0.5) is 74.6 Å². The van der Waals surface area contributed by atoms with E-state index in [9.17, 15) is 84.5 Å². The van der Waals surface area contributed by atoms with Crippen molar-refractivity contribution in [3.63, 3.8) is 0 Å². The fraction of sp³-hybridized carbons (Fsp3) is 0.952. The van der Waals surface area contributed by atoms with Gasteiger partial charge in [0.05, 0.1) is 12.0 Å². The van der Waals surface area contributed by atoms with Gasteiger partial charge in [-0.3, -0.25) is 4.79 Å². The summed E-state index contributed by atoms with van der Waals surface area (Å²) in [6.07, 6.45) is -10.7. The summed E-state index contributed by atoms with van der Waals surface area (Å²) in [6, 6.07) is 0. The van der Waals surface area contributed by atoms with E-state index in [1.807, 2.05) is 0 Å². The van der Waals surface area contributed by atoms with Crippen LogP contribution in [-0.4, -0.2) is 135 Å². The van der Waals surface area contributed by atoms with Gasteiger partial charge in [0, 0.05) is 55.3 Å². The number of halogens is 17. The lowest BCUT2D eigenvalue weighted by atomic mass is 9.88. The summed E-state index contributed by atoms with van der Waals surface area (Å²) in [4.78, 5) is 12.6. The molecule has 25 heteroatoms. The Morgan fingerprint density at radius 2 is 0.957 bits per heavy atom. The first-order valence-corrected chi connectivity index (χ1v) is 13.7. The standard InChI is InChI=1S/C21H30F17N4O3P/c1-13(10-43,11-45-46(40(2)3,41(4)5)42(6)7)12(44)39-9-8-14(22,23)15(24,25)16(26,27)17(28,29)18(30,31)19(32,33)20(34,35)21(36,37)38/h43H,8-11H2,1-7H3/p+1. The van der Waals surface area contributed by atoms with Crippen LogP contribution in [0.15, 0.2) is 0 Å². The van der Waals surface area contributed by atoms with Crippen LogP contribution >= 0.6 is 7.94 Å². The summed E-state index contributed by atoms with van der Waals surface area (Å²) in [6.45, 7) is -2.82. The quantitative estimate of drug-likeness (QED) is 0.144. The van der Waals surface area contributed by atoms with Crippen molar-refractivity contribution in [1.82, 2.24) is 19.3 Å². The van der Waals surface area contributed by atoms with Crippen LogP contribution in [0.2, 0.25) is 0 Å². The molecule has 0 saturated carbocycles. The van der Waals surface area contributed by atoms with Crippen LogP contribution < -0.4 is 5.32 Å². The lowest BCUT2D eigenvalue weighted by Gasteiger charge is -2.42. The molecule has 0 bridgehead atoms. The van der Waals surface area contributed by atoms with Crippen LogP contribution in [0.1, 0.15) is 13.3 Å². The average molecular weight is 741 g/mol. The molecule has 0 saturated heterocycles. The summed E-state index contributed by atoms with van der Waals surface area (Å²) in [5.41, 5.74) is -2.11. The molecule has 276 valence electrons. The second-order valence-electron chi connectivity index (χ2n) is 10.7. The third-order valence-electron chi connectivity index (χ3n) is 6.53. The van der Waals surface area contributed by atoms with Gasteiger partial charge in [-0.2, -0.15) is 79.2 Å². The Morgan fingerprint density at radius 3 is 1.26 bits per heavy atom. The maximum atomic E-state index is 14.2. The van der Waals surface area contributed by atoms with E-state index in [0.717, 1.165) is 6.92 Å². The number of aliphatic hydroxyl groups is 1. The maximum absolute atomic E-state index is 14.2. The van der Waals surface area contributed by atoms with Crippen molar-refractivity contribution in [2.24, 2.45) is 5.41 Å². The Hall–Kier alpha value is -1.49. The Bertz CT molecular complexity index is 1040. The smallest absolute Gasteiger partial charge is 0.395 e. The van der Waals surface area contributed by atoms with Crippen molar-refractivity contribution in [2.75, 3.05) is 62.0 Å². The largest absolute Gasteiger partial charge is 0.460 e. The average Bonchev–Trinajstić information content (AvgIpc) is 2.86. The monoisotopic (exact) mass is 741 g/mol. The lowest BCUT2D eigenvalue weighted by Crippen LogP contribution is -2.74. The van der Waals surface area contributed by atoms with E-state index in [1.165, 1.54) is 5.32 Å². The number of carbonyl (C=O) groups excluding carboxylic acids is 1. The minimum Gasteiger partial charge on any atom is -0.395 e. The molecule has 0 rings (SSSR count). The van der Waals surface area contributed by atoms with Gasteiger partial charge in [-0.25, -0.2) is 0 Å². The van der Waals surface area contributed by atoms with E-state index in [1.54, 1.807) is 56.3 Å². The minimum atomic E-state index is -8.72. The van der Waals surface area contributed by atoms with Crippen LogP contribution in [-0.2, 0) is 9.32 Å². The third kappa shape index (κ3) is 6.97. The summed E-state index contributed by atoms with van der Waals surface area (Å²) in [5, 5.41) is 11.2. The van der Waals surface area contributed by atoms with E-state index >= 15 is 0 Å². The van der Waals surface area contributed by atoms with Gasteiger partial charge in [-0.05, 0) is 6.92 Å². The molecule has 0 aliphatic heterocycles.